The first-order valence-electron chi connectivity index (χ1n) is 9.44. The molecule has 1 aliphatic rings. The number of anilines is 2. The number of nitriles is 1. The number of benzene rings is 2. The van der Waals surface area contributed by atoms with Crippen LogP contribution in [0.5, 0.6) is 5.75 Å². The quantitative estimate of drug-likeness (QED) is 0.396. The van der Waals surface area contributed by atoms with Gasteiger partial charge in [-0.2, -0.15) is 13.7 Å². The highest BCUT2D eigenvalue weighted by atomic mass is 32.2. The normalized spacial score (nSPS) is 14.7. The summed E-state index contributed by atoms with van der Waals surface area (Å²) in [5.74, 6) is 0.192. The molecule has 0 saturated carbocycles. The third-order valence-corrected chi connectivity index (χ3v) is 5.69. The van der Waals surface area contributed by atoms with Gasteiger partial charge < -0.3 is 19.9 Å². The van der Waals surface area contributed by atoms with Gasteiger partial charge in [-0.3, -0.25) is 9.35 Å². The standard InChI is InChI=1S/C21H22N4O5S/c1-30-20-5-3-2-4-19(20)25-12-10-24(11-13-25)15-16(14-22)21(26)23-17-6-8-18(9-7-17)31(27,28)29/h2-9,15H,10-13H2,1H3,(H,23,26)(H,27,28,29)/b16-15-. The van der Waals surface area contributed by atoms with Crippen molar-refractivity contribution in [1.82, 2.24) is 4.90 Å². The first-order valence-corrected chi connectivity index (χ1v) is 10.9. The Labute approximate surface area is 180 Å². The van der Waals surface area contributed by atoms with Gasteiger partial charge in [0.25, 0.3) is 16.0 Å². The molecule has 0 atom stereocenters. The molecule has 0 radical (unpaired) electrons. The highest BCUT2D eigenvalue weighted by molar-refractivity contribution is 7.85. The lowest BCUT2D eigenvalue weighted by molar-refractivity contribution is -0.112. The highest BCUT2D eigenvalue weighted by Crippen LogP contribution is 2.28. The van der Waals surface area contributed by atoms with E-state index in [9.17, 15) is 18.5 Å². The number of hydrogen-bond acceptors (Lipinski definition) is 7. The van der Waals surface area contributed by atoms with E-state index >= 15 is 0 Å². The molecule has 10 heteroatoms. The largest absolute Gasteiger partial charge is 0.495 e. The first kappa shape index (κ1) is 22.1. The molecule has 0 aromatic heterocycles. The van der Waals surface area contributed by atoms with Crippen molar-refractivity contribution < 1.29 is 22.5 Å². The van der Waals surface area contributed by atoms with Crippen molar-refractivity contribution in [2.24, 2.45) is 0 Å². The van der Waals surface area contributed by atoms with E-state index in [0.29, 0.717) is 31.9 Å². The number of nitrogens with one attached hydrogen (secondary N) is 1. The van der Waals surface area contributed by atoms with Crippen LogP contribution in [0.2, 0.25) is 0 Å². The van der Waals surface area contributed by atoms with Crippen LogP contribution in [0.3, 0.4) is 0 Å². The Morgan fingerprint density at radius 3 is 2.35 bits per heavy atom. The van der Waals surface area contributed by atoms with E-state index in [1.165, 1.54) is 18.3 Å². The minimum atomic E-state index is -4.31. The van der Waals surface area contributed by atoms with Crippen LogP contribution in [-0.4, -0.2) is 57.1 Å². The Morgan fingerprint density at radius 2 is 1.77 bits per heavy atom. The van der Waals surface area contributed by atoms with Gasteiger partial charge in [0.05, 0.1) is 17.7 Å². The molecular weight excluding hydrogens is 420 g/mol. The van der Waals surface area contributed by atoms with Gasteiger partial charge in [-0.05, 0) is 36.4 Å². The van der Waals surface area contributed by atoms with Crippen LogP contribution in [0.4, 0.5) is 11.4 Å². The lowest BCUT2D eigenvalue weighted by Gasteiger charge is -2.36. The second-order valence-electron chi connectivity index (χ2n) is 6.80. The van der Waals surface area contributed by atoms with Crippen LogP contribution in [0, 0.1) is 11.3 Å². The van der Waals surface area contributed by atoms with Gasteiger partial charge in [-0.15, -0.1) is 0 Å². The summed E-state index contributed by atoms with van der Waals surface area (Å²) in [7, 11) is -2.68. The Morgan fingerprint density at radius 1 is 1.13 bits per heavy atom. The molecule has 1 aliphatic heterocycles. The maximum absolute atomic E-state index is 12.4. The molecule has 1 saturated heterocycles. The van der Waals surface area contributed by atoms with E-state index < -0.39 is 16.0 Å². The van der Waals surface area contributed by atoms with E-state index in [1.807, 2.05) is 35.2 Å². The second kappa shape index (κ2) is 9.51. The summed E-state index contributed by atoms with van der Waals surface area (Å²) < 4.78 is 36.6. The highest BCUT2D eigenvalue weighted by Gasteiger charge is 2.20. The fourth-order valence-corrected chi connectivity index (χ4v) is 3.69. The summed E-state index contributed by atoms with van der Waals surface area (Å²) in [4.78, 5) is 16.3. The number of para-hydroxylation sites is 2. The predicted molar refractivity (Wildman–Crippen MR) is 115 cm³/mol. The van der Waals surface area contributed by atoms with Crippen LogP contribution in [0.1, 0.15) is 0 Å². The minimum absolute atomic E-state index is 0.0652. The zero-order chi connectivity index (χ0) is 22.4. The lowest BCUT2D eigenvalue weighted by atomic mass is 10.2. The number of hydrogen-bond donors (Lipinski definition) is 2. The number of piperazine rings is 1. The third-order valence-electron chi connectivity index (χ3n) is 4.83. The van der Waals surface area contributed by atoms with Crippen molar-refractivity contribution in [1.29, 1.82) is 5.26 Å². The van der Waals surface area contributed by atoms with Gasteiger partial charge in [-0.25, -0.2) is 0 Å². The van der Waals surface area contributed by atoms with Crippen molar-refractivity contribution in [2.75, 3.05) is 43.5 Å². The van der Waals surface area contributed by atoms with Gasteiger partial charge in [0.1, 0.15) is 17.4 Å². The van der Waals surface area contributed by atoms with E-state index in [2.05, 4.69) is 10.2 Å². The van der Waals surface area contributed by atoms with Gasteiger partial charge in [0, 0.05) is 38.1 Å². The molecule has 162 valence electrons. The number of rotatable bonds is 6. The molecule has 2 aromatic rings. The average Bonchev–Trinajstić information content (AvgIpc) is 2.77. The number of carbonyl (C=O) groups is 1. The molecule has 0 unspecified atom stereocenters. The number of carbonyl (C=O) groups excluding carboxylic acids is 1. The van der Waals surface area contributed by atoms with Crippen molar-refractivity contribution in [2.45, 2.75) is 4.90 Å². The predicted octanol–water partition coefficient (Wildman–Crippen LogP) is 2.11. The first-order chi connectivity index (χ1) is 14.8. The molecule has 3 rings (SSSR count). The molecule has 1 amide bonds. The maximum atomic E-state index is 12.4. The van der Waals surface area contributed by atoms with E-state index in [-0.39, 0.29) is 10.5 Å². The van der Waals surface area contributed by atoms with Gasteiger partial charge in [0.15, 0.2) is 0 Å². The fourth-order valence-electron chi connectivity index (χ4n) is 3.21. The van der Waals surface area contributed by atoms with Gasteiger partial charge >= 0.3 is 0 Å². The molecule has 0 aliphatic carbocycles. The number of ether oxygens (including phenoxy) is 1. The summed E-state index contributed by atoms with van der Waals surface area (Å²) in [5.41, 5.74) is 1.24. The van der Waals surface area contributed by atoms with Crippen molar-refractivity contribution in [3.8, 4) is 11.8 Å². The lowest BCUT2D eigenvalue weighted by Crippen LogP contribution is -2.44. The Balaban J connectivity index is 1.63. The third kappa shape index (κ3) is 5.53. The molecule has 31 heavy (non-hydrogen) atoms. The van der Waals surface area contributed by atoms with Crippen molar-refractivity contribution >= 4 is 27.4 Å². The number of amides is 1. The fraction of sp³-hybridized carbons (Fsp3) is 0.238. The topological polar surface area (TPSA) is 123 Å². The zero-order valence-corrected chi connectivity index (χ0v) is 17.7. The van der Waals surface area contributed by atoms with Gasteiger partial charge in [-0.1, -0.05) is 12.1 Å². The molecular formula is C21H22N4O5S. The van der Waals surface area contributed by atoms with E-state index in [0.717, 1.165) is 23.6 Å². The number of methoxy groups -OCH3 is 1. The number of nitrogens with zero attached hydrogens (tertiary/aromatic N) is 3. The molecule has 2 aromatic carbocycles. The van der Waals surface area contributed by atoms with Crippen molar-refractivity contribution in [3.63, 3.8) is 0 Å². The smallest absolute Gasteiger partial charge is 0.294 e. The van der Waals surface area contributed by atoms with Crippen LogP contribution in [0.15, 0.2) is 65.2 Å². The summed E-state index contributed by atoms with van der Waals surface area (Å²) in [6, 6.07) is 14.7. The summed E-state index contributed by atoms with van der Waals surface area (Å²) in [6.45, 7) is 2.65. The van der Waals surface area contributed by atoms with E-state index in [4.69, 9.17) is 9.29 Å². The Bertz CT molecular complexity index is 1120. The minimum Gasteiger partial charge on any atom is -0.495 e. The van der Waals surface area contributed by atoms with Crippen LogP contribution >= 0.6 is 0 Å². The average molecular weight is 442 g/mol. The van der Waals surface area contributed by atoms with Crippen molar-refractivity contribution in [3.05, 3.63) is 60.3 Å². The van der Waals surface area contributed by atoms with Crippen LogP contribution in [0.25, 0.3) is 0 Å². The molecule has 1 heterocycles. The monoisotopic (exact) mass is 442 g/mol. The molecule has 0 bridgehead atoms. The van der Waals surface area contributed by atoms with E-state index in [1.54, 1.807) is 7.11 Å². The second-order valence-corrected chi connectivity index (χ2v) is 8.22. The molecule has 9 nitrogen and oxygen atoms in total. The van der Waals surface area contributed by atoms with Crippen LogP contribution in [-0.2, 0) is 14.9 Å². The maximum Gasteiger partial charge on any atom is 0.294 e. The van der Waals surface area contributed by atoms with Gasteiger partial charge in [0.2, 0.25) is 0 Å². The Kier molecular flexibility index (Phi) is 6.79. The molecule has 1 fully saturated rings. The summed E-state index contributed by atoms with van der Waals surface area (Å²) in [6.07, 6.45) is 1.53. The summed E-state index contributed by atoms with van der Waals surface area (Å²) in [5, 5.41) is 12.0. The zero-order valence-electron chi connectivity index (χ0n) is 16.9. The van der Waals surface area contributed by atoms with Crippen LogP contribution < -0.4 is 15.0 Å². The molecule has 2 N–H and O–H groups in total. The Hall–Kier alpha value is -3.55. The molecule has 0 spiro atoms. The summed E-state index contributed by atoms with van der Waals surface area (Å²) >= 11 is 0. The SMILES string of the molecule is COc1ccccc1N1CCN(/C=C(/C#N)C(=O)Nc2ccc(S(=O)(=O)O)cc2)CC1.